The van der Waals surface area contributed by atoms with Crippen molar-refractivity contribution in [2.75, 3.05) is 0 Å². The van der Waals surface area contributed by atoms with Crippen molar-refractivity contribution in [3.05, 3.63) is 23.5 Å². The molecule has 1 aliphatic carbocycles. The standard InChI is InChI=1S/C15H22O3/c1-9(2)5-6-13-15(4,17)14-11(16)7-10(3)8-12(14)18-13/h6-7,9,12,14,17H,5,8H2,1-4H3/b13-6-/t12-,14+,15-/m0/s1. The van der Waals surface area contributed by atoms with Crippen LogP contribution in [0.3, 0.4) is 0 Å². The van der Waals surface area contributed by atoms with Crippen LogP contribution in [0.1, 0.15) is 40.5 Å². The van der Waals surface area contributed by atoms with Crippen molar-refractivity contribution in [2.24, 2.45) is 11.8 Å². The first-order valence-corrected chi connectivity index (χ1v) is 6.63. The molecule has 0 bridgehead atoms. The van der Waals surface area contributed by atoms with Gasteiger partial charge in [-0.05, 0) is 38.3 Å². The summed E-state index contributed by atoms with van der Waals surface area (Å²) in [4.78, 5) is 12.0. The molecule has 0 saturated carbocycles. The van der Waals surface area contributed by atoms with Gasteiger partial charge in [0.2, 0.25) is 0 Å². The lowest BCUT2D eigenvalue weighted by molar-refractivity contribution is -0.125. The maximum absolute atomic E-state index is 12.0. The Hall–Kier alpha value is -1.09. The maximum atomic E-state index is 12.0. The number of fused-ring (bicyclic) bond motifs is 1. The normalized spacial score (nSPS) is 37.8. The number of ether oxygens (including phenoxy) is 1. The molecule has 0 aromatic rings. The average Bonchev–Trinajstić information content (AvgIpc) is 2.46. The van der Waals surface area contributed by atoms with Crippen molar-refractivity contribution in [3.63, 3.8) is 0 Å². The molecule has 0 radical (unpaired) electrons. The fourth-order valence-corrected chi connectivity index (χ4v) is 2.79. The van der Waals surface area contributed by atoms with Gasteiger partial charge >= 0.3 is 0 Å². The van der Waals surface area contributed by atoms with Crippen LogP contribution in [0.25, 0.3) is 0 Å². The Morgan fingerprint density at radius 2 is 2.28 bits per heavy atom. The SMILES string of the molecule is CC1=CC(=O)[C@@H]2[C@H](C1)O/C(=C\CC(C)C)[C@]2(C)O. The average molecular weight is 250 g/mol. The molecule has 0 spiro atoms. The molecule has 0 amide bonds. The maximum Gasteiger partial charge on any atom is 0.165 e. The van der Waals surface area contributed by atoms with E-state index >= 15 is 0 Å². The molecule has 2 aliphatic rings. The Morgan fingerprint density at radius 3 is 2.89 bits per heavy atom. The molecule has 1 N–H and O–H groups in total. The zero-order chi connectivity index (χ0) is 13.5. The Labute approximate surface area is 109 Å². The summed E-state index contributed by atoms with van der Waals surface area (Å²) < 4.78 is 5.82. The van der Waals surface area contributed by atoms with E-state index in [1.165, 1.54) is 0 Å². The van der Waals surface area contributed by atoms with Gasteiger partial charge in [-0.15, -0.1) is 0 Å². The van der Waals surface area contributed by atoms with Gasteiger partial charge in [0.1, 0.15) is 17.5 Å². The fraction of sp³-hybridized carbons (Fsp3) is 0.667. The second-order valence-corrected chi connectivity index (χ2v) is 6.08. The number of allylic oxidation sites excluding steroid dienone is 2. The molecule has 0 unspecified atom stereocenters. The predicted octanol–water partition coefficient (Wildman–Crippen LogP) is 2.60. The summed E-state index contributed by atoms with van der Waals surface area (Å²) in [5.74, 6) is 0.624. The van der Waals surface area contributed by atoms with Gasteiger partial charge in [-0.3, -0.25) is 4.79 Å². The molecule has 3 nitrogen and oxygen atoms in total. The lowest BCUT2D eigenvalue weighted by Crippen LogP contribution is -2.41. The van der Waals surface area contributed by atoms with E-state index in [2.05, 4.69) is 13.8 Å². The summed E-state index contributed by atoms with van der Waals surface area (Å²) in [6, 6.07) is 0. The van der Waals surface area contributed by atoms with E-state index in [1.807, 2.05) is 13.0 Å². The Morgan fingerprint density at radius 1 is 1.61 bits per heavy atom. The summed E-state index contributed by atoms with van der Waals surface area (Å²) in [7, 11) is 0. The van der Waals surface area contributed by atoms with Crippen molar-refractivity contribution in [1.82, 2.24) is 0 Å². The highest BCUT2D eigenvalue weighted by Crippen LogP contribution is 2.44. The predicted molar refractivity (Wildman–Crippen MR) is 69.9 cm³/mol. The van der Waals surface area contributed by atoms with Crippen LogP contribution in [-0.4, -0.2) is 22.6 Å². The minimum Gasteiger partial charge on any atom is -0.491 e. The first-order valence-electron chi connectivity index (χ1n) is 6.63. The van der Waals surface area contributed by atoms with Crippen molar-refractivity contribution >= 4 is 5.78 Å². The summed E-state index contributed by atoms with van der Waals surface area (Å²) in [6.07, 6.45) is 4.96. The van der Waals surface area contributed by atoms with E-state index < -0.39 is 11.5 Å². The number of carbonyl (C=O) groups excluding carboxylic acids is 1. The van der Waals surface area contributed by atoms with E-state index in [-0.39, 0.29) is 11.9 Å². The minimum absolute atomic E-state index is 0.0123. The third kappa shape index (κ3) is 2.24. The molecule has 3 heteroatoms. The van der Waals surface area contributed by atoms with E-state index in [1.54, 1.807) is 13.0 Å². The van der Waals surface area contributed by atoms with Gasteiger partial charge in [0, 0.05) is 6.42 Å². The second-order valence-electron chi connectivity index (χ2n) is 6.08. The molecule has 18 heavy (non-hydrogen) atoms. The van der Waals surface area contributed by atoms with Gasteiger partial charge in [0.05, 0.1) is 5.92 Å². The molecule has 1 fully saturated rings. The lowest BCUT2D eigenvalue weighted by Gasteiger charge is -2.26. The quantitative estimate of drug-likeness (QED) is 0.819. The Kier molecular flexibility index (Phi) is 3.37. The number of rotatable bonds is 2. The largest absolute Gasteiger partial charge is 0.491 e. The molecular weight excluding hydrogens is 228 g/mol. The topological polar surface area (TPSA) is 46.5 Å². The third-order valence-electron chi connectivity index (χ3n) is 3.75. The van der Waals surface area contributed by atoms with Crippen LogP contribution >= 0.6 is 0 Å². The van der Waals surface area contributed by atoms with E-state index in [0.29, 0.717) is 11.7 Å². The van der Waals surface area contributed by atoms with Gasteiger partial charge in [0.25, 0.3) is 0 Å². The van der Waals surface area contributed by atoms with Crippen molar-refractivity contribution in [2.45, 2.75) is 52.2 Å². The zero-order valence-corrected chi connectivity index (χ0v) is 11.6. The highest BCUT2D eigenvalue weighted by Gasteiger charge is 2.54. The summed E-state index contributed by atoms with van der Waals surface area (Å²) in [5.41, 5.74) is -0.129. The van der Waals surface area contributed by atoms with Gasteiger partial charge in [-0.1, -0.05) is 19.4 Å². The van der Waals surface area contributed by atoms with Crippen molar-refractivity contribution < 1.29 is 14.6 Å². The number of hydrogen-bond donors (Lipinski definition) is 1. The van der Waals surface area contributed by atoms with Crippen LogP contribution in [0.5, 0.6) is 0 Å². The summed E-state index contributed by atoms with van der Waals surface area (Å²) in [5, 5.41) is 10.6. The molecule has 1 saturated heterocycles. The molecule has 0 aromatic carbocycles. The van der Waals surface area contributed by atoms with Gasteiger partial charge in [-0.2, -0.15) is 0 Å². The number of ketones is 1. The smallest absolute Gasteiger partial charge is 0.165 e. The van der Waals surface area contributed by atoms with Crippen LogP contribution in [0.2, 0.25) is 0 Å². The van der Waals surface area contributed by atoms with Crippen LogP contribution in [0.15, 0.2) is 23.5 Å². The van der Waals surface area contributed by atoms with E-state index in [4.69, 9.17) is 4.74 Å². The van der Waals surface area contributed by atoms with E-state index in [0.717, 1.165) is 18.4 Å². The molecular formula is C15H22O3. The molecule has 3 atom stereocenters. The summed E-state index contributed by atoms with van der Waals surface area (Å²) >= 11 is 0. The first kappa shape index (κ1) is 13.3. The van der Waals surface area contributed by atoms with Gasteiger partial charge in [0.15, 0.2) is 5.78 Å². The highest BCUT2D eigenvalue weighted by molar-refractivity contribution is 5.95. The van der Waals surface area contributed by atoms with Crippen LogP contribution < -0.4 is 0 Å². The first-order chi connectivity index (χ1) is 8.32. The molecule has 0 aromatic heterocycles. The minimum atomic E-state index is -1.16. The number of aliphatic hydroxyl groups is 1. The van der Waals surface area contributed by atoms with Crippen molar-refractivity contribution in [1.29, 1.82) is 0 Å². The summed E-state index contributed by atoms with van der Waals surface area (Å²) in [6.45, 7) is 7.85. The van der Waals surface area contributed by atoms with E-state index in [9.17, 15) is 9.90 Å². The molecule has 100 valence electrons. The highest BCUT2D eigenvalue weighted by atomic mass is 16.5. The molecule has 1 aliphatic heterocycles. The number of carbonyl (C=O) groups is 1. The van der Waals surface area contributed by atoms with Crippen molar-refractivity contribution in [3.8, 4) is 0 Å². The lowest BCUT2D eigenvalue weighted by atomic mass is 9.77. The van der Waals surface area contributed by atoms with Gasteiger partial charge < -0.3 is 9.84 Å². The number of hydrogen-bond acceptors (Lipinski definition) is 3. The second kappa shape index (κ2) is 4.54. The Bertz CT molecular complexity index is 415. The fourth-order valence-electron chi connectivity index (χ4n) is 2.79. The zero-order valence-electron chi connectivity index (χ0n) is 11.6. The monoisotopic (exact) mass is 250 g/mol. The van der Waals surface area contributed by atoms with Gasteiger partial charge in [-0.25, -0.2) is 0 Å². The van der Waals surface area contributed by atoms with Crippen LogP contribution in [0.4, 0.5) is 0 Å². The van der Waals surface area contributed by atoms with Crippen LogP contribution in [0, 0.1) is 11.8 Å². The molecule has 1 heterocycles. The Balaban J connectivity index is 2.27. The third-order valence-corrected chi connectivity index (χ3v) is 3.75. The molecule has 2 rings (SSSR count). The van der Waals surface area contributed by atoms with Crippen LogP contribution in [-0.2, 0) is 9.53 Å².